The maximum absolute atomic E-state index is 12.9. The van der Waals surface area contributed by atoms with Crippen molar-refractivity contribution in [2.75, 3.05) is 35.4 Å². The molecule has 0 bridgehead atoms. The summed E-state index contributed by atoms with van der Waals surface area (Å²) in [5, 5.41) is 10.7. The van der Waals surface area contributed by atoms with Crippen molar-refractivity contribution < 1.29 is 33.4 Å². The number of nitrogens with zero attached hydrogens (tertiary/aromatic N) is 2. The Kier molecular flexibility index (Phi) is 14.2. The van der Waals surface area contributed by atoms with Gasteiger partial charge < -0.3 is 40.5 Å². The second-order valence-corrected chi connectivity index (χ2v) is 8.86. The average Bonchev–Trinajstić information content (AvgIpc) is 2.85. The van der Waals surface area contributed by atoms with E-state index >= 15 is 0 Å². The molecule has 6 atom stereocenters. The normalized spacial score (nSPS) is 16.1. The average molecular weight is 517 g/mol. The van der Waals surface area contributed by atoms with Crippen molar-refractivity contribution >= 4 is 29.5 Å². The highest BCUT2D eigenvalue weighted by atomic mass is 16.7. The van der Waals surface area contributed by atoms with Gasteiger partial charge in [0.05, 0.1) is 12.1 Å². The minimum absolute atomic E-state index is 0.348. The van der Waals surface area contributed by atoms with E-state index in [1.54, 1.807) is 27.8 Å². The molecule has 0 aromatic rings. The Morgan fingerprint density at radius 1 is 0.611 bits per heavy atom. The first-order valence-electron chi connectivity index (χ1n) is 11.8. The van der Waals surface area contributed by atoms with Crippen LogP contribution in [0.3, 0.4) is 0 Å². The van der Waals surface area contributed by atoms with Crippen LogP contribution in [0, 0.1) is 0 Å². The molecule has 5 amide bonds. The molecule has 0 aromatic carbocycles. The molecular formula is C23H44N6O7. The molecule has 0 saturated carbocycles. The molecule has 0 rings (SSSR count). The van der Waals surface area contributed by atoms with E-state index in [4.69, 9.17) is 9.47 Å². The van der Waals surface area contributed by atoms with Crippen LogP contribution in [0.4, 0.5) is 0 Å². The number of rotatable bonds is 14. The number of methoxy groups -OCH3 is 2. The summed E-state index contributed by atoms with van der Waals surface area (Å²) in [6.45, 7) is 9.45. The molecule has 0 heterocycles. The summed E-state index contributed by atoms with van der Waals surface area (Å²) in [5.41, 5.74) is 0. The van der Waals surface area contributed by atoms with Crippen LogP contribution in [0.2, 0.25) is 0 Å². The standard InChI is InChI=1S/C23H44N6O7/c1-12(24-7)18(30)25-13(2)21(33)28(8)16(5)19(31)26-14(3)22(34)29(9)17(6)20(32)27-15(4)23(35-10)36-11/h12-17,23-24H,1-11H3,(H,25,30)(H,26,31)(H,27,32). The molecule has 6 unspecified atom stereocenters. The summed E-state index contributed by atoms with van der Waals surface area (Å²) in [5.74, 6) is -2.28. The SMILES string of the molecule is CNC(C)C(=O)NC(C)C(=O)N(C)C(C)C(=O)NC(C)C(=O)N(C)C(C)C(=O)NC(C)C(OC)OC. The van der Waals surface area contributed by atoms with Crippen LogP contribution >= 0.6 is 0 Å². The zero-order chi connectivity index (χ0) is 28.3. The third kappa shape index (κ3) is 9.36. The van der Waals surface area contributed by atoms with Gasteiger partial charge in [-0.1, -0.05) is 0 Å². The molecule has 13 heteroatoms. The lowest BCUT2D eigenvalue weighted by Crippen LogP contribution is -2.57. The van der Waals surface area contributed by atoms with Crippen LogP contribution in [0.15, 0.2) is 0 Å². The van der Waals surface area contributed by atoms with E-state index in [2.05, 4.69) is 21.3 Å². The lowest BCUT2D eigenvalue weighted by atomic mass is 10.1. The van der Waals surface area contributed by atoms with Gasteiger partial charge in [0, 0.05) is 28.3 Å². The topological polar surface area (TPSA) is 158 Å². The molecule has 0 aliphatic carbocycles. The largest absolute Gasteiger partial charge is 0.354 e. The summed E-state index contributed by atoms with van der Waals surface area (Å²) in [4.78, 5) is 65.3. The highest BCUT2D eigenvalue weighted by Crippen LogP contribution is 2.06. The van der Waals surface area contributed by atoms with Gasteiger partial charge >= 0.3 is 0 Å². The van der Waals surface area contributed by atoms with Crippen LogP contribution in [0.5, 0.6) is 0 Å². The molecule has 0 saturated heterocycles. The van der Waals surface area contributed by atoms with Gasteiger partial charge in [-0.25, -0.2) is 0 Å². The molecule has 0 aliphatic heterocycles. The minimum Gasteiger partial charge on any atom is -0.354 e. The number of nitrogens with one attached hydrogen (secondary N) is 4. The lowest BCUT2D eigenvalue weighted by molar-refractivity contribution is -0.146. The Labute approximate surface area is 214 Å². The van der Waals surface area contributed by atoms with Crippen LogP contribution in [-0.4, -0.2) is 117 Å². The fraction of sp³-hybridized carbons (Fsp3) is 0.783. The Balaban J connectivity index is 5.03. The van der Waals surface area contributed by atoms with Crippen molar-refractivity contribution in [3.05, 3.63) is 0 Å². The van der Waals surface area contributed by atoms with Gasteiger partial charge in [-0.3, -0.25) is 24.0 Å². The van der Waals surface area contributed by atoms with Gasteiger partial charge in [0.25, 0.3) is 0 Å². The van der Waals surface area contributed by atoms with E-state index in [0.717, 1.165) is 0 Å². The number of hydrogen-bond acceptors (Lipinski definition) is 8. The Hall–Kier alpha value is -2.77. The molecule has 0 aliphatic rings. The van der Waals surface area contributed by atoms with Crippen molar-refractivity contribution in [3.63, 3.8) is 0 Å². The Bertz CT molecular complexity index is 776. The van der Waals surface area contributed by atoms with E-state index in [1.807, 2.05) is 0 Å². The minimum atomic E-state index is -0.958. The quantitative estimate of drug-likeness (QED) is 0.201. The predicted molar refractivity (Wildman–Crippen MR) is 134 cm³/mol. The number of hydrogen-bond donors (Lipinski definition) is 4. The fourth-order valence-corrected chi connectivity index (χ4v) is 3.19. The molecule has 4 N–H and O–H groups in total. The molecule has 0 spiro atoms. The first-order valence-corrected chi connectivity index (χ1v) is 11.8. The zero-order valence-electron chi connectivity index (χ0n) is 23.3. The summed E-state index contributed by atoms with van der Waals surface area (Å²) < 4.78 is 10.2. The van der Waals surface area contributed by atoms with E-state index in [1.165, 1.54) is 58.9 Å². The summed E-state index contributed by atoms with van der Waals surface area (Å²) in [6.07, 6.45) is -0.649. The summed E-state index contributed by atoms with van der Waals surface area (Å²) >= 11 is 0. The Morgan fingerprint density at radius 2 is 0.972 bits per heavy atom. The second-order valence-electron chi connectivity index (χ2n) is 8.86. The van der Waals surface area contributed by atoms with Crippen molar-refractivity contribution in [1.82, 2.24) is 31.1 Å². The lowest BCUT2D eigenvalue weighted by Gasteiger charge is -2.31. The second kappa shape index (κ2) is 15.4. The summed E-state index contributed by atoms with van der Waals surface area (Å²) in [7, 11) is 7.43. The zero-order valence-corrected chi connectivity index (χ0v) is 23.3. The Morgan fingerprint density at radius 3 is 1.33 bits per heavy atom. The van der Waals surface area contributed by atoms with Crippen molar-refractivity contribution in [2.45, 2.75) is 84.1 Å². The van der Waals surface area contributed by atoms with E-state index < -0.39 is 66.2 Å². The van der Waals surface area contributed by atoms with Crippen molar-refractivity contribution in [1.29, 1.82) is 0 Å². The van der Waals surface area contributed by atoms with Crippen LogP contribution in [0.25, 0.3) is 0 Å². The van der Waals surface area contributed by atoms with Crippen LogP contribution in [0.1, 0.15) is 41.5 Å². The van der Waals surface area contributed by atoms with E-state index in [-0.39, 0.29) is 5.91 Å². The molecule has 36 heavy (non-hydrogen) atoms. The van der Waals surface area contributed by atoms with E-state index in [9.17, 15) is 24.0 Å². The maximum atomic E-state index is 12.9. The smallest absolute Gasteiger partial charge is 0.245 e. The van der Waals surface area contributed by atoms with Gasteiger partial charge in [0.1, 0.15) is 24.2 Å². The third-order valence-electron chi connectivity index (χ3n) is 6.14. The van der Waals surface area contributed by atoms with E-state index in [0.29, 0.717) is 0 Å². The molecule has 13 nitrogen and oxygen atoms in total. The maximum Gasteiger partial charge on any atom is 0.245 e. The van der Waals surface area contributed by atoms with Crippen LogP contribution in [-0.2, 0) is 33.4 Å². The molecule has 0 radical (unpaired) electrons. The van der Waals surface area contributed by atoms with Crippen LogP contribution < -0.4 is 21.3 Å². The number of likely N-dealkylation sites (N-methyl/N-ethyl adjacent to an activating group) is 3. The summed E-state index contributed by atoms with van der Waals surface area (Å²) in [6, 6.07) is -4.50. The number of ether oxygens (including phenoxy) is 2. The molecule has 208 valence electrons. The third-order valence-corrected chi connectivity index (χ3v) is 6.14. The van der Waals surface area contributed by atoms with Gasteiger partial charge in [-0.05, 0) is 48.6 Å². The first kappa shape index (κ1) is 33.2. The predicted octanol–water partition coefficient (Wildman–Crippen LogP) is -1.58. The van der Waals surface area contributed by atoms with Gasteiger partial charge in [0.2, 0.25) is 29.5 Å². The van der Waals surface area contributed by atoms with Gasteiger partial charge in [-0.2, -0.15) is 0 Å². The van der Waals surface area contributed by atoms with Crippen molar-refractivity contribution in [3.8, 4) is 0 Å². The number of carbonyl (C=O) groups is 5. The fourth-order valence-electron chi connectivity index (χ4n) is 3.19. The molecule has 0 aromatic heterocycles. The monoisotopic (exact) mass is 516 g/mol. The molecular weight excluding hydrogens is 472 g/mol. The van der Waals surface area contributed by atoms with Gasteiger partial charge in [-0.15, -0.1) is 0 Å². The highest BCUT2D eigenvalue weighted by Gasteiger charge is 2.32. The first-order chi connectivity index (χ1) is 16.6. The van der Waals surface area contributed by atoms with Crippen molar-refractivity contribution in [2.24, 2.45) is 0 Å². The molecule has 0 fully saturated rings. The van der Waals surface area contributed by atoms with Gasteiger partial charge in [0.15, 0.2) is 6.29 Å². The highest BCUT2D eigenvalue weighted by molar-refractivity contribution is 5.95. The number of carbonyl (C=O) groups excluding carboxylic acids is 5. The number of amides is 5.